The normalized spacial score (nSPS) is 29.9. The van der Waals surface area contributed by atoms with Gasteiger partial charge < -0.3 is 10.6 Å². The molecule has 1 aromatic carbocycles. The Bertz CT molecular complexity index is 470. The first-order valence-corrected chi connectivity index (χ1v) is 6.43. The number of fused-ring (bicyclic) bond motifs is 1. The molecule has 3 nitrogen and oxygen atoms in total. The van der Waals surface area contributed by atoms with Crippen LogP contribution in [0.2, 0.25) is 0 Å². The van der Waals surface area contributed by atoms with Crippen LogP contribution in [0.1, 0.15) is 10.4 Å². The number of hydrogen-bond donors (Lipinski definition) is 2. The number of amides is 1. The van der Waals surface area contributed by atoms with Crippen molar-refractivity contribution in [1.82, 2.24) is 10.6 Å². The first-order chi connectivity index (χ1) is 8.18. The van der Waals surface area contributed by atoms with Crippen LogP contribution < -0.4 is 10.6 Å². The topological polar surface area (TPSA) is 41.1 Å². The van der Waals surface area contributed by atoms with E-state index in [9.17, 15) is 9.18 Å². The molecule has 0 radical (unpaired) electrons. The van der Waals surface area contributed by atoms with E-state index in [0.29, 0.717) is 17.4 Å². The van der Waals surface area contributed by atoms with E-state index in [1.54, 1.807) is 12.1 Å². The first-order valence-electron chi connectivity index (χ1n) is 5.64. The molecule has 1 aliphatic heterocycles. The highest BCUT2D eigenvalue weighted by Gasteiger charge is 2.53. The van der Waals surface area contributed by atoms with Gasteiger partial charge in [0.15, 0.2) is 0 Å². The molecule has 2 aliphatic rings. The molecule has 3 rings (SSSR count). The molecule has 0 bridgehead atoms. The molecule has 2 N–H and O–H groups in total. The molecule has 2 unspecified atom stereocenters. The van der Waals surface area contributed by atoms with E-state index < -0.39 is 5.82 Å². The van der Waals surface area contributed by atoms with Gasteiger partial charge in [0.25, 0.3) is 5.91 Å². The lowest BCUT2D eigenvalue weighted by Crippen LogP contribution is -2.32. The van der Waals surface area contributed by atoms with Crippen LogP contribution in [0.4, 0.5) is 4.39 Å². The molecule has 1 saturated carbocycles. The van der Waals surface area contributed by atoms with E-state index in [0.717, 1.165) is 13.1 Å². The van der Waals surface area contributed by atoms with Gasteiger partial charge in [-0.25, -0.2) is 4.39 Å². The van der Waals surface area contributed by atoms with Gasteiger partial charge in [0.2, 0.25) is 0 Å². The summed E-state index contributed by atoms with van der Waals surface area (Å²) in [6, 6.07) is 4.76. The molecule has 1 saturated heterocycles. The predicted molar refractivity (Wildman–Crippen MR) is 65.2 cm³/mol. The van der Waals surface area contributed by atoms with Crippen molar-refractivity contribution in [3.63, 3.8) is 0 Å². The fraction of sp³-hybridized carbons (Fsp3) is 0.417. The van der Waals surface area contributed by atoms with Crippen LogP contribution in [-0.4, -0.2) is 25.0 Å². The minimum Gasteiger partial charge on any atom is -0.349 e. The van der Waals surface area contributed by atoms with Crippen molar-refractivity contribution < 1.29 is 9.18 Å². The molecule has 1 amide bonds. The summed E-state index contributed by atoms with van der Waals surface area (Å²) in [5.74, 6) is 0.517. The fourth-order valence-corrected chi connectivity index (χ4v) is 2.99. The van der Waals surface area contributed by atoms with Crippen molar-refractivity contribution in [1.29, 1.82) is 0 Å². The van der Waals surface area contributed by atoms with Crippen LogP contribution in [0.3, 0.4) is 0 Å². The molecule has 90 valence electrons. The number of carbonyl (C=O) groups is 1. The Hall–Kier alpha value is -0.940. The van der Waals surface area contributed by atoms with E-state index in [1.165, 1.54) is 6.07 Å². The van der Waals surface area contributed by atoms with Crippen LogP contribution in [0.25, 0.3) is 0 Å². The highest BCUT2D eigenvalue weighted by Crippen LogP contribution is 2.41. The molecular weight excluding hydrogens is 287 g/mol. The summed E-state index contributed by atoms with van der Waals surface area (Å²) >= 11 is 3.10. The molecule has 1 aromatic rings. The van der Waals surface area contributed by atoms with Gasteiger partial charge in [-0.05, 0) is 39.9 Å². The molecule has 17 heavy (non-hydrogen) atoms. The Balaban J connectivity index is 1.72. The third-order valence-electron chi connectivity index (χ3n) is 3.59. The second-order valence-electron chi connectivity index (χ2n) is 4.59. The lowest BCUT2D eigenvalue weighted by Gasteiger charge is -2.09. The van der Waals surface area contributed by atoms with Gasteiger partial charge in [-0.15, -0.1) is 0 Å². The van der Waals surface area contributed by atoms with Crippen molar-refractivity contribution >= 4 is 21.8 Å². The van der Waals surface area contributed by atoms with Gasteiger partial charge in [0.1, 0.15) is 5.82 Å². The van der Waals surface area contributed by atoms with Crippen molar-refractivity contribution in [2.75, 3.05) is 13.1 Å². The second-order valence-corrected chi connectivity index (χ2v) is 5.38. The van der Waals surface area contributed by atoms with Crippen LogP contribution >= 0.6 is 15.9 Å². The maximum atomic E-state index is 13.3. The van der Waals surface area contributed by atoms with Crippen LogP contribution in [0.5, 0.6) is 0 Å². The number of hydrogen-bond acceptors (Lipinski definition) is 2. The van der Waals surface area contributed by atoms with Gasteiger partial charge in [-0.2, -0.15) is 0 Å². The second kappa shape index (κ2) is 4.07. The van der Waals surface area contributed by atoms with E-state index in [4.69, 9.17) is 0 Å². The average Bonchev–Trinajstić information content (AvgIpc) is 2.76. The first kappa shape index (κ1) is 11.2. The zero-order valence-corrected chi connectivity index (χ0v) is 10.6. The number of rotatable bonds is 2. The minimum atomic E-state index is -0.407. The maximum Gasteiger partial charge on any atom is 0.252 e. The average molecular weight is 299 g/mol. The molecule has 2 fully saturated rings. The van der Waals surface area contributed by atoms with Gasteiger partial charge in [0.05, 0.1) is 10.0 Å². The third-order valence-corrected chi connectivity index (χ3v) is 4.39. The van der Waals surface area contributed by atoms with Gasteiger partial charge in [0, 0.05) is 19.1 Å². The van der Waals surface area contributed by atoms with Gasteiger partial charge in [-0.3, -0.25) is 4.79 Å². The standard InChI is InChI=1S/C12H12BrFN2O/c13-10-6(2-1-3-9(10)14)12(17)16-11-7-4-15-5-8(7)11/h1-3,7-8,11,15H,4-5H2,(H,16,17). The minimum absolute atomic E-state index is 0.198. The monoisotopic (exact) mass is 298 g/mol. The Morgan fingerprint density at radius 3 is 2.82 bits per heavy atom. The Labute approximate surface area is 107 Å². The summed E-state index contributed by atoms with van der Waals surface area (Å²) in [6.45, 7) is 1.94. The summed E-state index contributed by atoms with van der Waals surface area (Å²) in [5.41, 5.74) is 0.364. The lowest BCUT2D eigenvalue weighted by molar-refractivity contribution is 0.0945. The molecule has 0 spiro atoms. The zero-order valence-electron chi connectivity index (χ0n) is 9.04. The van der Waals surface area contributed by atoms with Gasteiger partial charge in [-0.1, -0.05) is 6.07 Å². The smallest absolute Gasteiger partial charge is 0.252 e. The van der Waals surface area contributed by atoms with E-state index in [-0.39, 0.29) is 16.4 Å². The Morgan fingerprint density at radius 2 is 2.12 bits per heavy atom. The molecule has 0 aromatic heterocycles. The molecule has 1 aliphatic carbocycles. The predicted octanol–water partition coefficient (Wildman–Crippen LogP) is 1.54. The van der Waals surface area contributed by atoms with Gasteiger partial charge >= 0.3 is 0 Å². The van der Waals surface area contributed by atoms with Crippen LogP contribution in [0.15, 0.2) is 22.7 Å². The largest absolute Gasteiger partial charge is 0.349 e. The molecular formula is C12H12BrFN2O. The lowest BCUT2D eigenvalue weighted by atomic mass is 10.2. The number of piperidine rings is 1. The molecule has 5 heteroatoms. The van der Waals surface area contributed by atoms with Crippen LogP contribution in [-0.2, 0) is 0 Å². The summed E-state index contributed by atoms with van der Waals surface area (Å²) < 4.78 is 13.5. The van der Waals surface area contributed by atoms with Crippen molar-refractivity contribution in [3.8, 4) is 0 Å². The number of nitrogens with one attached hydrogen (secondary N) is 2. The quantitative estimate of drug-likeness (QED) is 0.869. The summed E-state index contributed by atoms with van der Waals surface area (Å²) in [7, 11) is 0. The molecule has 2 atom stereocenters. The third kappa shape index (κ3) is 1.87. The van der Waals surface area contributed by atoms with E-state index >= 15 is 0 Å². The fourth-order valence-electron chi connectivity index (χ4n) is 2.54. The van der Waals surface area contributed by atoms with Crippen LogP contribution in [0, 0.1) is 17.7 Å². The summed E-state index contributed by atoms with van der Waals surface area (Å²) in [6.07, 6.45) is 0. The highest BCUT2D eigenvalue weighted by molar-refractivity contribution is 9.10. The van der Waals surface area contributed by atoms with Crippen molar-refractivity contribution in [3.05, 3.63) is 34.1 Å². The summed E-state index contributed by atoms with van der Waals surface area (Å²) in [5, 5.41) is 6.23. The SMILES string of the molecule is O=C(NC1C2CNCC21)c1cccc(F)c1Br. The van der Waals surface area contributed by atoms with Crippen molar-refractivity contribution in [2.24, 2.45) is 11.8 Å². The van der Waals surface area contributed by atoms with E-state index in [2.05, 4.69) is 26.6 Å². The number of carbonyl (C=O) groups excluding carboxylic acids is 1. The number of halogens is 2. The maximum absolute atomic E-state index is 13.3. The highest BCUT2D eigenvalue weighted by atomic mass is 79.9. The Morgan fingerprint density at radius 1 is 1.41 bits per heavy atom. The summed E-state index contributed by atoms with van der Waals surface area (Å²) in [4.78, 5) is 12.0. The Kier molecular flexibility index (Phi) is 2.67. The molecule has 1 heterocycles. The van der Waals surface area contributed by atoms with E-state index in [1.807, 2.05) is 0 Å². The zero-order chi connectivity index (χ0) is 12.0. The number of benzene rings is 1. The van der Waals surface area contributed by atoms with Crippen molar-refractivity contribution in [2.45, 2.75) is 6.04 Å².